The quantitative estimate of drug-likeness (QED) is 0.745. The Morgan fingerprint density at radius 2 is 1.88 bits per heavy atom. The predicted molar refractivity (Wildman–Crippen MR) is 121 cm³/mol. The van der Waals surface area contributed by atoms with Crippen LogP contribution < -0.4 is 4.74 Å². The normalized spacial score (nSPS) is 31.3. The fourth-order valence-electron chi connectivity index (χ4n) is 5.74. The second-order valence-electron chi connectivity index (χ2n) is 10.6. The van der Waals surface area contributed by atoms with Gasteiger partial charge in [0.05, 0.1) is 19.3 Å². The van der Waals surface area contributed by atoms with Crippen LogP contribution in [0.3, 0.4) is 0 Å². The Hall–Kier alpha value is -2.61. The molecule has 33 heavy (non-hydrogen) atoms. The molecule has 8 heteroatoms. The van der Waals surface area contributed by atoms with Crippen LogP contribution in [0.15, 0.2) is 24.3 Å². The summed E-state index contributed by atoms with van der Waals surface area (Å²) in [5, 5.41) is 11.2. The lowest BCUT2D eigenvalue weighted by Gasteiger charge is -2.54. The summed E-state index contributed by atoms with van der Waals surface area (Å²) < 4.78 is 10.7. The maximum Gasteiger partial charge on any atom is 0.410 e. The van der Waals surface area contributed by atoms with Gasteiger partial charge in [-0.25, -0.2) is 4.79 Å². The largest absolute Gasteiger partial charge is 0.497 e. The summed E-state index contributed by atoms with van der Waals surface area (Å²) in [7, 11) is 3.19. The lowest BCUT2D eigenvalue weighted by atomic mass is 9.65. The number of amides is 2. The Morgan fingerprint density at radius 3 is 2.48 bits per heavy atom. The van der Waals surface area contributed by atoms with E-state index in [2.05, 4.69) is 0 Å². The first-order chi connectivity index (χ1) is 15.5. The third-order valence-corrected chi connectivity index (χ3v) is 7.35. The molecule has 1 aromatic rings. The zero-order chi connectivity index (χ0) is 24.1. The van der Waals surface area contributed by atoms with Gasteiger partial charge in [-0.3, -0.25) is 14.5 Å². The first-order valence-corrected chi connectivity index (χ1v) is 11.6. The highest BCUT2D eigenvalue weighted by Gasteiger charge is 2.63. The highest BCUT2D eigenvalue weighted by atomic mass is 16.6. The smallest absolute Gasteiger partial charge is 0.410 e. The van der Waals surface area contributed by atoms with E-state index in [-0.39, 0.29) is 11.7 Å². The van der Waals surface area contributed by atoms with Crippen LogP contribution in [0.4, 0.5) is 4.79 Å². The predicted octanol–water partition coefficient (Wildman–Crippen LogP) is 2.56. The topological polar surface area (TPSA) is 96.4 Å². The van der Waals surface area contributed by atoms with Crippen molar-refractivity contribution in [1.29, 1.82) is 0 Å². The molecule has 1 saturated carbocycles. The van der Waals surface area contributed by atoms with E-state index in [0.717, 1.165) is 11.3 Å². The molecule has 180 valence electrons. The molecule has 1 aromatic carbocycles. The molecule has 0 aromatic heterocycles. The van der Waals surface area contributed by atoms with Crippen LogP contribution in [-0.4, -0.2) is 76.2 Å². The number of likely N-dealkylation sites (N-methyl/N-ethyl adjacent to an activating group) is 1. The van der Waals surface area contributed by atoms with Gasteiger partial charge in [-0.1, -0.05) is 12.1 Å². The van der Waals surface area contributed by atoms with E-state index in [1.165, 1.54) is 4.90 Å². The van der Waals surface area contributed by atoms with E-state index in [1.54, 1.807) is 39.8 Å². The third kappa shape index (κ3) is 4.21. The molecule has 5 atom stereocenters. The van der Waals surface area contributed by atoms with Crippen LogP contribution in [0.2, 0.25) is 0 Å². The number of carbonyl (C=O) groups excluding carboxylic acids is 3. The van der Waals surface area contributed by atoms with Gasteiger partial charge in [0.2, 0.25) is 5.91 Å². The van der Waals surface area contributed by atoms with Gasteiger partial charge in [0, 0.05) is 31.3 Å². The zero-order valence-corrected chi connectivity index (χ0v) is 20.0. The molecule has 1 spiro atoms. The van der Waals surface area contributed by atoms with E-state index < -0.39 is 41.3 Å². The summed E-state index contributed by atoms with van der Waals surface area (Å²) in [6.45, 7) is 5.36. The Morgan fingerprint density at radius 1 is 1.21 bits per heavy atom. The van der Waals surface area contributed by atoms with Gasteiger partial charge < -0.3 is 19.5 Å². The number of aliphatic hydroxyl groups is 1. The second-order valence-corrected chi connectivity index (χ2v) is 10.6. The summed E-state index contributed by atoms with van der Waals surface area (Å²) in [4.78, 5) is 42.3. The number of benzene rings is 1. The summed E-state index contributed by atoms with van der Waals surface area (Å²) in [5.74, 6) is 0.108. The van der Waals surface area contributed by atoms with E-state index in [4.69, 9.17) is 9.47 Å². The molecular formula is C25H34N2O6. The number of ketones is 1. The van der Waals surface area contributed by atoms with Crippen LogP contribution in [0.25, 0.3) is 0 Å². The molecule has 2 saturated heterocycles. The van der Waals surface area contributed by atoms with E-state index in [0.29, 0.717) is 32.1 Å². The van der Waals surface area contributed by atoms with Gasteiger partial charge in [-0.2, -0.15) is 0 Å². The summed E-state index contributed by atoms with van der Waals surface area (Å²) in [6, 6.07) is 6.29. The molecular weight excluding hydrogens is 424 g/mol. The molecule has 2 aliphatic heterocycles. The van der Waals surface area contributed by atoms with Crippen molar-refractivity contribution >= 4 is 17.8 Å². The van der Waals surface area contributed by atoms with Gasteiger partial charge in [-0.05, 0) is 57.7 Å². The fourth-order valence-corrected chi connectivity index (χ4v) is 5.74. The number of Topliss-reactive ketones (excluding diaryl/α,β-unsaturated/α-hetero) is 1. The number of ether oxygens (including phenoxy) is 2. The number of nitrogens with zero attached hydrogens (tertiary/aromatic N) is 2. The zero-order valence-electron chi connectivity index (χ0n) is 20.0. The minimum Gasteiger partial charge on any atom is -0.497 e. The van der Waals surface area contributed by atoms with Crippen molar-refractivity contribution < 1.29 is 29.0 Å². The standard InChI is InChI=1S/C25H34N2O6/c1-24(2,3)33-23(31)26(4)19-14-25-11-10-20(28)17(13-25)21(29)18(27(25)22(19)30)12-15-6-8-16(32-5)9-7-15/h6-9,17-19,21,29H,10-14H2,1-5H3/t17-,18-,19-,21+,25-/m0/s1. The molecule has 0 radical (unpaired) electrons. The van der Waals surface area contributed by atoms with E-state index >= 15 is 0 Å². The molecule has 2 bridgehead atoms. The van der Waals surface area contributed by atoms with Crippen molar-refractivity contribution in [3.05, 3.63) is 29.8 Å². The number of piperidine rings is 1. The second kappa shape index (κ2) is 8.31. The molecule has 2 heterocycles. The van der Waals surface area contributed by atoms with Crippen LogP contribution in [0.5, 0.6) is 5.75 Å². The van der Waals surface area contributed by atoms with Crippen LogP contribution >= 0.6 is 0 Å². The number of rotatable bonds is 4. The number of carbonyl (C=O) groups is 3. The van der Waals surface area contributed by atoms with Gasteiger partial charge in [0.25, 0.3) is 0 Å². The number of hydrogen-bond acceptors (Lipinski definition) is 6. The highest BCUT2D eigenvalue weighted by molar-refractivity contribution is 5.91. The number of hydrogen-bond donors (Lipinski definition) is 1. The van der Waals surface area contributed by atoms with Crippen molar-refractivity contribution in [2.45, 2.75) is 82.2 Å². The molecule has 3 aliphatic rings. The molecule has 0 unspecified atom stereocenters. The van der Waals surface area contributed by atoms with E-state index in [1.807, 2.05) is 24.3 Å². The minimum absolute atomic E-state index is 0.0592. The third-order valence-electron chi connectivity index (χ3n) is 7.35. The summed E-state index contributed by atoms with van der Waals surface area (Å²) in [6.07, 6.45) is 0.705. The van der Waals surface area contributed by atoms with Gasteiger partial charge in [-0.15, -0.1) is 0 Å². The minimum atomic E-state index is -0.942. The van der Waals surface area contributed by atoms with Crippen LogP contribution in [0, 0.1) is 5.92 Å². The highest BCUT2D eigenvalue weighted by Crippen LogP contribution is 2.51. The molecule has 2 amide bonds. The first kappa shape index (κ1) is 23.5. The lowest BCUT2D eigenvalue weighted by Crippen LogP contribution is -2.66. The number of fused-ring (bicyclic) bond motifs is 1. The average Bonchev–Trinajstić information content (AvgIpc) is 3.04. The maximum atomic E-state index is 13.7. The van der Waals surface area contributed by atoms with Gasteiger partial charge in [0.15, 0.2) is 0 Å². The Bertz CT molecular complexity index is 939. The van der Waals surface area contributed by atoms with Gasteiger partial charge in [0.1, 0.15) is 23.2 Å². The fraction of sp³-hybridized carbons (Fsp3) is 0.640. The Kier molecular flexibility index (Phi) is 5.93. The molecule has 4 rings (SSSR count). The first-order valence-electron chi connectivity index (χ1n) is 11.6. The number of methoxy groups -OCH3 is 1. The summed E-state index contributed by atoms with van der Waals surface area (Å²) >= 11 is 0. The molecule has 1 N–H and O–H groups in total. The van der Waals surface area contributed by atoms with Crippen molar-refractivity contribution in [2.75, 3.05) is 14.2 Å². The molecule has 3 fully saturated rings. The Balaban J connectivity index is 1.65. The number of aliphatic hydroxyl groups excluding tert-OH is 1. The van der Waals surface area contributed by atoms with Gasteiger partial charge >= 0.3 is 6.09 Å². The lowest BCUT2D eigenvalue weighted by molar-refractivity contribution is -0.162. The van der Waals surface area contributed by atoms with Crippen molar-refractivity contribution in [1.82, 2.24) is 9.80 Å². The molecule has 1 aliphatic carbocycles. The SMILES string of the molecule is COc1ccc(C[C@H]2[C@H](O)[C@H]3C[C@@]4(CCC3=O)C[C@H](N(C)C(=O)OC(C)(C)C)C(=O)N24)cc1. The monoisotopic (exact) mass is 458 g/mol. The maximum absolute atomic E-state index is 13.7. The average molecular weight is 459 g/mol. The van der Waals surface area contributed by atoms with Crippen molar-refractivity contribution in [2.24, 2.45) is 5.92 Å². The Labute approximate surface area is 194 Å². The van der Waals surface area contributed by atoms with Crippen molar-refractivity contribution in [3.8, 4) is 5.75 Å². The molecule has 8 nitrogen and oxygen atoms in total. The summed E-state index contributed by atoms with van der Waals surface area (Å²) in [5.41, 5.74) is -0.264. The van der Waals surface area contributed by atoms with Crippen LogP contribution in [-0.2, 0) is 20.7 Å². The van der Waals surface area contributed by atoms with E-state index in [9.17, 15) is 19.5 Å². The van der Waals surface area contributed by atoms with Crippen LogP contribution in [0.1, 0.15) is 52.0 Å². The van der Waals surface area contributed by atoms with Crippen molar-refractivity contribution in [3.63, 3.8) is 0 Å².